The molecule has 24 heavy (non-hydrogen) atoms. The standard InChI is InChI=1S/C17H23F2N3O2/c18-13-3-1-10(7-14(13)19)12-5-6-21-9-15(12)22-17(23)16-4-2-11(8-20)24-16/h1,3,7,11-12,15-16,21H,2,4-6,8-9,20H2,(H,22,23)/t11-,12?,15?,16+/m1/s1. The molecule has 0 aliphatic carbocycles. The van der Waals surface area contributed by atoms with Crippen molar-refractivity contribution < 1.29 is 18.3 Å². The van der Waals surface area contributed by atoms with Crippen LogP contribution in [0.4, 0.5) is 8.78 Å². The van der Waals surface area contributed by atoms with Crippen LogP contribution in [0.2, 0.25) is 0 Å². The molecule has 0 radical (unpaired) electrons. The Hall–Kier alpha value is -1.57. The highest BCUT2D eigenvalue weighted by Crippen LogP contribution is 2.28. The zero-order valence-corrected chi connectivity index (χ0v) is 13.4. The highest BCUT2D eigenvalue weighted by molar-refractivity contribution is 5.81. The fourth-order valence-corrected chi connectivity index (χ4v) is 3.50. The van der Waals surface area contributed by atoms with Gasteiger partial charge in [0.25, 0.3) is 0 Å². The Labute approximate surface area is 139 Å². The smallest absolute Gasteiger partial charge is 0.249 e. The third-order valence-corrected chi connectivity index (χ3v) is 4.84. The summed E-state index contributed by atoms with van der Waals surface area (Å²) in [7, 11) is 0. The molecule has 2 fully saturated rings. The van der Waals surface area contributed by atoms with Gasteiger partial charge in [0.15, 0.2) is 11.6 Å². The van der Waals surface area contributed by atoms with Crippen LogP contribution >= 0.6 is 0 Å². The van der Waals surface area contributed by atoms with Crippen molar-refractivity contribution in [3.05, 3.63) is 35.4 Å². The second kappa shape index (κ2) is 7.55. The van der Waals surface area contributed by atoms with Crippen LogP contribution in [-0.2, 0) is 9.53 Å². The molecule has 4 N–H and O–H groups in total. The molecule has 7 heteroatoms. The summed E-state index contributed by atoms with van der Waals surface area (Å²) in [6, 6.07) is 3.76. The summed E-state index contributed by atoms with van der Waals surface area (Å²) in [5, 5.41) is 6.24. The van der Waals surface area contributed by atoms with Gasteiger partial charge in [-0.2, -0.15) is 0 Å². The van der Waals surface area contributed by atoms with Crippen LogP contribution in [0.3, 0.4) is 0 Å². The number of amides is 1. The van der Waals surface area contributed by atoms with Gasteiger partial charge in [0.1, 0.15) is 6.10 Å². The Morgan fingerprint density at radius 2 is 2.12 bits per heavy atom. The first-order valence-corrected chi connectivity index (χ1v) is 8.40. The summed E-state index contributed by atoms with van der Waals surface area (Å²) in [5.41, 5.74) is 6.27. The predicted molar refractivity (Wildman–Crippen MR) is 85.5 cm³/mol. The van der Waals surface area contributed by atoms with E-state index in [4.69, 9.17) is 10.5 Å². The maximum absolute atomic E-state index is 13.5. The summed E-state index contributed by atoms with van der Waals surface area (Å²) in [6.45, 7) is 1.76. The zero-order chi connectivity index (χ0) is 17.1. The molecule has 132 valence electrons. The minimum atomic E-state index is -0.861. The van der Waals surface area contributed by atoms with Crippen LogP contribution in [0.25, 0.3) is 0 Å². The van der Waals surface area contributed by atoms with Gasteiger partial charge >= 0.3 is 0 Å². The second-order valence-corrected chi connectivity index (χ2v) is 6.45. The van der Waals surface area contributed by atoms with Crippen LogP contribution in [-0.4, -0.2) is 43.8 Å². The van der Waals surface area contributed by atoms with Crippen LogP contribution in [0, 0.1) is 11.6 Å². The van der Waals surface area contributed by atoms with E-state index in [0.717, 1.165) is 25.5 Å². The Balaban J connectivity index is 1.68. The maximum atomic E-state index is 13.5. The van der Waals surface area contributed by atoms with Crippen LogP contribution in [0.5, 0.6) is 0 Å². The summed E-state index contributed by atoms with van der Waals surface area (Å²) in [4.78, 5) is 12.4. The number of benzene rings is 1. The minimum absolute atomic E-state index is 0.0583. The molecule has 2 aliphatic heterocycles. The van der Waals surface area contributed by atoms with Crippen molar-refractivity contribution in [3.8, 4) is 0 Å². The van der Waals surface area contributed by atoms with Gasteiger partial charge in [0, 0.05) is 25.0 Å². The number of hydrogen-bond acceptors (Lipinski definition) is 4. The van der Waals surface area contributed by atoms with Gasteiger partial charge in [-0.05, 0) is 43.5 Å². The van der Waals surface area contributed by atoms with E-state index in [2.05, 4.69) is 10.6 Å². The van der Waals surface area contributed by atoms with Crippen molar-refractivity contribution in [3.63, 3.8) is 0 Å². The summed E-state index contributed by atoms with van der Waals surface area (Å²) in [5.74, 6) is -1.94. The monoisotopic (exact) mass is 339 g/mol. The normalized spacial score (nSPS) is 30.3. The molecule has 1 amide bonds. The van der Waals surface area contributed by atoms with E-state index < -0.39 is 17.7 Å². The molecule has 2 aliphatic rings. The Morgan fingerprint density at radius 1 is 1.29 bits per heavy atom. The summed E-state index contributed by atoms with van der Waals surface area (Å²) < 4.78 is 32.3. The first kappa shape index (κ1) is 17.3. The first-order valence-electron chi connectivity index (χ1n) is 8.40. The third kappa shape index (κ3) is 3.74. The van der Waals surface area contributed by atoms with Crippen molar-refractivity contribution in [2.24, 2.45) is 5.73 Å². The molecule has 4 atom stereocenters. The average molecular weight is 339 g/mol. The largest absolute Gasteiger partial charge is 0.364 e. The Kier molecular flexibility index (Phi) is 5.43. The lowest BCUT2D eigenvalue weighted by atomic mass is 9.86. The zero-order valence-electron chi connectivity index (χ0n) is 13.4. The third-order valence-electron chi connectivity index (χ3n) is 4.84. The number of rotatable bonds is 4. The fourth-order valence-electron chi connectivity index (χ4n) is 3.50. The number of ether oxygens (including phenoxy) is 1. The van der Waals surface area contributed by atoms with E-state index in [-0.39, 0.29) is 24.0 Å². The molecule has 1 aromatic rings. The minimum Gasteiger partial charge on any atom is -0.364 e. The molecule has 2 heterocycles. The lowest BCUT2D eigenvalue weighted by Gasteiger charge is -2.33. The molecule has 0 spiro atoms. The quantitative estimate of drug-likeness (QED) is 0.766. The van der Waals surface area contributed by atoms with E-state index in [1.165, 1.54) is 6.07 Å². The maximum Gasteiger partial charge on any atom is 0.249 e. The van der Waals surface area contributed by atoms with E-state index in [1.54, 1.807) is 6.07 Å². The molecular formula is C17H23F2N3O2. The van der Waals surface area contributed by atoms with Gasteiger partial charge in [0.05, 0.1) is 6.10 Å². The van der Waals surface area contributed by atoms with E-state index in [0.29, 0.717) is 25.1 Å². The Morgan fingerprint density at radius 3 is 2.83 bits per heavy atom. The van der Waals surface area contributed by atoms with Gasteiger partial charge < -0.3 is 21.1 Å². The number of carbonyl (C=O) groups is 1. The molecule has 0 bridgehead atoms. The predicted octanol–water partition coefficient (Wildman–Crippen LogP) is 1.03. The van der Waals surface area contributed by atoms with Gasteiger partial charge in [-0.3, -0.25) is 4.79 Å². The Bertz CT molecular complexity index is 599. The fraction of sp³-hybridized carbons (Fsp3) is 0.588. The number of carbonyl (C=O) groups excluding carboxylic acids is 1. The van der Waals surface area contributed by atoms with Crippen molar-refractivity contribution in [1.82, 2.24) is 10.6 Å². The van der Waals surface area contributed by atoms with Crippen molar-refractivity contribution in [2.75, 3.05) is 19.6 Å². The molecule has 2 saturated heterocycles. The van der Waals surface area contributed by atoms with Crippen molar-refractivity contribution in [1.29, 1.82) is 0 Å². The van der Waals surface area contributed by atoms with Crippen LogP contribution < -0.4 is 16.4 Å². The lowest BCUT2D eigenvalue weighted by molar-refractivity contribution is -0.132. The molecule has 0 saturated carbocycles. The molecular weight excluding hydrogens is 316 g/mol. The molecule has 5 nitrogen and oxygen atoms in total. The first-order chi connectivity index (χ1) is 11.6. The molecule has 3 rings (SSSR count). The number of nitrogens with two attached hydrogens (primary N) is 1. The number of hydrogen-bond donors (Lipinski definition) is 3. The summed E-state index contributed by atoms with van der Waals surface area (Å²) in [6.07, 6.45) is 1.64. The number of halogens is 2. The van der Waals surface area contributed by atoms with E-state index >= 15 is 0 Å². The molecule has 1 aromatic carbocycles. The van der Waals surface area contributed by atoms with Gasteiger partial charge in [0.2, 0.25) is 5.91 Å². The molecule has 0 aromatic heterocycles. The van der Waals surface area contributed by atoms with Crippen molar-refractivity contribution in [2.45, 2.75) is 43.4 Å². The SMILES string of the molecule is NC[C@H]1CC[C@@H](C(=O)NC2CNCCC2c2ccc(F)c(F)c2)O1. The van der Waals surface area contributed by atoms with Crippen LogP contribution in [0.1, 0.15) is 30.7 Å². The van der Waals surface area contributed by atoms with Gasteiger partial charge in [-0.1, -0.05) is 6.07 Å². The number of nitrogens with one attached hydrogen (secondary N) is 2. The second-order valence-electron chi connectivity index (χ2n) is 6.45. The molecule has 2 unspecified atom stereocenters. The highest BCUT2D eigenvalue weighted by atomic mass is 19.2. The summed E-state index contributed by atoms with van der Waals surface area (Å²) >= 11 is 0. The average Bonchev–Trinajstić information content (AvgIpc) is 3.07. The van der Waals surface area contributed by atoms with Gasteiger partial charge in [-0.15, -0.1) is 0 Å². The topological polar surface area (TPSA) is 76.4 Å². The van der Waals surface area contributed by atoms with Gasteiger partial charge in [-0.25, -0.2) is 8.78 Å². The van der Waals surface area contributed by atoms with Crippen LogP contribution in [0.15, 0.2) is 18.2 Å². The van der Waals surface area contributed by atoms with Crippen molar-refractivity contribution >= 4 is 5.91 Å². The highest BCUT2D eigenvalue weighted by Gasteiger charge is 2.34. The number of piperidine rings is 1. The van der Waals surface area contributed by atoms with E-state index in [9.17, 15) is 13.6 Å². The van der Waals surface area contributed by atoms with E-state index in [1.807, 2.05) is 0 Å². The lowest BCUT2D eigenvalue weighted by Crippen LogP contribution is -2.52.